The summed E-state index contributed by atoms with van der Waals surface area (Å²) in [5, 5.41) is 2.73. The van der Waals surface area contributed by atoms with Gasteiger partial charge in [-0.25, -0.2) is 8.78 Å². The molecule has 1 aromatic carbocycles. The number of anilines is 1. The van der Waals surface area contributed by atoms with Crippen LogP contribution in [-0.4, -0.2) is 66.5 Å². The SMILES string of the molecule is O=C(Nc1ccc(F)c(F)c1)[C@H]1CC12CCN(C(=O)C1(N3CCOCC3)CCCCC1)CC2. The molecule has 8 heteroatoms. The summed E-state index contributed by atoms with van der Waals surface area (Å²) in [4.78, 5) is 31.0. The monoisotopic (exact) mass is 461 g/mol. The van der Waals surface area contributed by atoms with Crippen molar-refractivity contribution in [3.05, 3.63) is 29.8 Å². The van der Waals surface area contributed by atoms with Gasteiger partial charge in [-0.15, -0.1) is 0 Å². The Balaban J connectivity index is 1.20. The zero-order chi connectivity index (χ0) is 23.1. The molecule has 2 heterocycles. The molecule has 0 bridgehead atoms. The standard InChI is InChI=1S/C25H33F2N3O3/c26-20-5-4-18(16-21(20)27)28-22(31)19-17-24(19)8-10-29(11-9-24)23(32)25(6-2-1-3-7-25)30-12-14-33-15-13-30/h4-5,16,19H,1-3,6-15,17H2,(H,28,31)/t19-/m1/s1. The summed E-state index contributed by atoms with van der Waals surface area (Å²) in [5.41, 5.74) is -0.184. The molecule has 0 unspecified atom stereocenters. The fourth-order valence-electron chi connectivity index (χ4n) is 6.32. The molecule has 4 fully saturated rings. The fourth-order valence-corrected chi connectivity index (χ4v) is 6.32. The molecule has 2 aliphatic heterocycles. The van der Waals surface area contributed by atoms with Crippen molar-refractivity contribution in [3.63, 3.8) is 0 Å². The smallest absolute Gasteiger partial charge is 0.243 e. The molecular weight excluding hydrogens is 428 g/mol. The second-order valence-electron chi connectivity index (χ2n) is 10.2. The number of benzene rings is 1. The lowest BCUT2D eigenvalue weighted by Gasteiger charge is -2.49. The third-order valence-electron chi connectivity index (χ3n) is 8.44. The lowest BCUT2D eigenvalue weighted by Crippen LogP contribution is -2.63. The quantitative estimate of drug-likeness (QED) is 0.745. The van der Waals surface area contributed by atoms with E-state index in [4.69, 9.17) is 4.74 Å². The third kappa shape index (κ3) is 4.28. The van der Waals surface area contributed by atoms with Crippen molar-refractivity contribution in [2.75, 3.05) is 44.7 Å². The van der Waals surface area contributed by atoms with Gasteiger partial charge in [0.2, 0.25) is 11.8 Å². The number of rotatable bonds is 4. The van der Waals surface area contributed by atoms with Crippen molar-refractivity contribution in [2.24, 2.45) is 11.3 Å². The van der Waals surface area contributed by atoms with Crippen LogP contribution in [0.1, 0.15) is 51.4 Å². The lowest BCUT2D eigenvalue weighted by molar-refractivity contribution is -0.153. The Morgan fingerprint density at radius 2 is 1.64 bits per heavy atom. The molecule has 5 rings (SSSR count). The van der Waals surface area contributed by atoms with Crippen LogP contribution in [-0.2, 0) is 14.3 Å². The van der Waals surface area contributed by atoms with E-state index in [0.29, 0.717) is 26.3 Å². The zero-order valence-electron chi connectivity index (χ0n) is 19.1. The molecule has 1 aromatic rings. The number of likely N-dealkylation sites (tertiary alicyclic amines) is 1. The normalized spacial score (nSPS) is 26.7. The second kappa shape index (κ2) is 8.95. The minimum Gasteiger partial charge on any atom is -0.379 e. The van der Waals surface area contributed by atoms with Crippen LogP contribution in [0.5, 0.6) is 0 Å². The van der Waals surface area contributed by atoms with Crippen LogP contribution in [0.4, 0.5) is 14.5 Å². The van der Waals surface area contributed by atoms with Gasteiger partial charge < -0.3 is 15.0 Å². The summed E-state index contributed by atoms with van der Waals surface area (Å²) >= 11 is 0. The highest BCUT2D eigenvalue weighted by atomic mass is 19.2. The number of nitrogens with zero attached hydrogens (tertiary/aromatic N) is 2. The summed E-state index contributed by atoms with van der Waals surface area (Å²) in [6.45, 7) is 4.37. The predicted octanol–water partition coefficient (Wildman–Crippen LogP) is 3.57. The number of halogens is 2. The van der Waals surface area contributed by atoms with Gasteiger partial charge in [-0.2, -0.15) is 0 Å². The Bertz CT molecular complexity index is 904. The van der Waals surface area contributed by atoms with E-state index in [1.54, 1.807) is 0 Å². The highest BCUT2D eigenvalue weighted by Crippen LogP contribution is 2.60. The van der Waals surface area contributed by atoms with Crippen LogP contribution in [0.15, 0.2) is 18.2 Å². The second-order valence-corrected chi connectivity index (χ2v) is 10.2. The number of hydrogen-bond donors (Lipinski definition) is 1. The lowest BCUT2D eigenvalue weighted by atomic mass is 9.78. The Hall–Kier alpha value is -2.06. The minimum atomic E-state index is -0.970. The highest BCUT2D eigenvalue weighted by molar-refractivity contribution is 5.95. The van der Waals surface area contributed by atoms with E-state index in [0.717, 1.165) is 70.2 Å². The van der Waals surface area contributed by atoms with Gasteiger partial charge >= 0.3 is 0 Å². The van der Waals surface area contributed by atoms with Gasteiger partial charge in [0, 0.05) is 43.9 Å². The Kier molecular flexibility index (Phi) is 6.16. The van der Waals surface area contributed by atoms with Crippen LogP contribution in [0, 0.1) is 23.0 Å². The zero-order valence-corrected chi connectivity index (χ0v) is 19.1. The highest BCUT2D eigenvalue weighted by Gasteiger charge is 2.59. The first-order chi connectivity index (χ1) is 15.9. The Morgan fingerprint density at radius 3 is 2.30 bits per heavy atom. The number of nitrogens with one attached hydrogen (secondary N) is 1. The van der Waals surface area contributed by atoms with Gasteiger partial charge in [0.05, 0.1) is 13.2 Å². The van der Waals surface area contributed by atoms with Crippen molar-refractivity contribution >= 4 is 17.5 Å². The average Bonchev–Trinajstić information content (AvgIpc) is 3.55. The van der Waals surface area contributed by atoms with Crippen molar-refractivity contribution in [3.8, 4) is 0 Å². The van der Waals surface area contributed by atoms with Gasteiger partial charge in [0.15, 0.2) is 11.6 Å². The first-order valence-corrected chi connectivity index (χ1v) is 12.3. The summed E-state index contributed by atoms with van der Waals surface area (Å²) in [5.74, 6) is -1.91. The molecule has 0 aromatic heterocycles. The van der Waals surface area contributed by atoms with Crippen molar-refractivity contribution in [1.29, 1.82) is 0 Å². The Labute approximate surface area is 193 Å². The molecule has 6 nitrogen and oxygen atoms in total. The number of ether oxygens (including phenoxy) is 1. The maximum atomic E-state index is 13.8. The maximum absolute atomic E-state index is 13.8. The number of morpholine rings is 1. The molecule has 2 saturated carbocycles. The minimum absolute atomic E-state index is 0.0713. The van der Waals surface area contributed by atoms with Crippen LogP contribution in [0.3, 0.4) is 0 Å². The van der Waals surface area contributed by atoms with E-state index < -0.39 is 11.6 Å². The van der Waals surface area contributed by atoms with Crippen LogP contribution in [0.2, 0.25) is 0 Å². The topological polar surface area (TPSA) is 61.9 Å². The van der Waals surface area contributed by atoms with E-state index in [1.807, 2.05) is 4.90 Å². The number of carbonyl (C=O) groups excluding carboxylic acids is 2. The van der Waals surface area contributed by atoms with Crippen molar-refractivity contribution in [1.82, 2.24) is 9.80 Å². The summed E-state index contributed by atoms with van der Waals surface area (Å²) in [6.07, 6.45) is 7.64. The molecule has 1 N–H and O–H groups in total. The van der Waals surface area contributed by atoms with E-state index in [1.165, 1.54) is 12.5 Å². The molecule has 0 radical (unpaired) electrons. The van der Waals surface area contributed by atoms with Crippen molar-refractivity contribution < 1.29 is 23.1 Å². The van der Waals surface area contributed by atoms with Gasteiger partial charge in [-0.1, -0.05) is 19.3 Å². The largest absolute Gasteiger partial charge is 0.379 e. The fraction of sp³-hybridized carbons (Fsp3) is 0.680. The molecular formula is C25H33F2N3O3. The molecule has 2 amide bonds. The number of carbonyl (C=O) groups is 2. The van der Waals surface area contributed by atoms with E-state index in [-0.39, 0.29) is 34.4 Å². The summed E-state index contributed by atoms with van der Waals surface area (Å²) < 4.78 is 32.1. The number of amides is 2. The van der Waals surface area contributed by atoms with Crippen molar-refractivity contribution in [2.45, 2.75) is 56.9 Å². The van der Waals surface area contributed by atoms with Gasteiger partial charge in [0.1, 0.15) is 5.54 Å². The summed E-state index contributed by atoms with van der Waals surface area (Å²) in [7, 11) is 0. The average molecular weight is 462 g/mol. The van der Waals surface area contributed by atoms with E-state index >= 15 is 0 Å². The molecule has 180 valence electrons. The van der Waals surface area contributed by atoms with Crippen LogP contribution >= 0.6 is 0 Å². The first-order valence-electron chi connectivity index (χ1n) is 12.3. The summed E-state index contributed by atoms with van der Waals surface area (Å²) in [6, 6.07) is 3.41. The van der Waals surface area contributed by atoms with Gasteiger partial charge in [-0.05, 0) is 49.7 Å². The van der Waals surface area contributed by atoms with E-state index in [2.05, 4.69) is 10.2 Å². The third-order valence-corrected chi connectivity index (χ3v) is 8.44. The van der Waals surface area contributed by atoms with Crippen LogP contribution in [0.25, 0.3) is 0 Å². The van der Waals surface area contributed by atoms with E-state index in [9.17, 15) is 18.4 Å². The van der Waals surface area contributed by atoms with Gasteiger partial charge in [-0.3, -0.25) is 14.5 Å². The molecule has 2 aliphatic carbocycles. The number of piperidine rings is 1. The van der Waals surface area contributed by atoms with Gasteiger partial charge in [0.25, 0.3) is 0 Å². The molecule has 4 aliphatic rings. The molecule has 1 atom stereocenters. The predicted molar refractivity (Wildman–Crippen MR) is 120 cm³/mol. The molecule has 1 spiro atoms. The maximum Gasteiger partial charge on any atom is 0.243 e. The molecule has 33 heavy (non-hydrogen) atoms. The van der Waals surface area contributed by atoms with Crippen LogP contribution < -0.4 is 5.32 Å². The first kappa shape index (κ1) is 22.7. The Morgan fingerprint density at radius 1 is 0.939 bits per heavy atom. The number of hydrogen-bond acceptors (Lipinski definition) is 4. The molecule has 2 saturated heterocycles.